The van der Waals surface area contributed by atoms with Crippen molar-refractivity contribution in [2.45, 2.75) is 19.8 Å². The van der Waals surface area contributed by atoms with E-state index in [0.29, 0.717) is 17.6 Å². The van der Waals surface area contributed by atoms with E-state index in [2.05, 4.69) is 20.0 Å². The maximum absolute atomic E-state index is 8.93. The number of aryl methyl sites for hydroxylation is 1. The molecule has 1 aliphatic heterocycles. The molecule has 1 aromatic heterocycles. The molecule has 1 unspecified atom stereocenters. The molecule has 3 rings (SSSR count). The quantitative estimate of drug-likeness (QED) is 0.425. The Morgan fingerprint density at radius 2 is 2.15 bits per heavy atom. The van der Waals surface area contributed by atoms with Gasteiger partial charge in [-0.05, 0) is 35.1 Å². The fourth-order valence-electron chi connectivity index (χ4n) is 2.20. The first-order valence-electron chi connectivity index (χ1n) is 7.62. The smallest absolute Gasteiger partial charge is 0.521 e. The van der Waals surface area contributed by atoms with Crippen molar-refractivity contribution >= 4 is 25.7 Å². The summed E-state index contributed by atoms with van der Waals surface area (Å²) >= 11 is 6.24. The van der Waals surface area contributed by atoms with Gasteiger partial charge in [0.25, 0.3) is 0 Å². The van der Waals surface area contributed by atoms with Crippen molar-refractivity contribution in [3.63, 3.8) is 0 Å². The van der Waals surface area contributed by atoms with E-state index in [-0.39, 0.29) is 1.43 Å². The molecule has 11 heteroatoms. The van der Waals surface area contributed by atoms with Gasteiger partial charge >= 0.3 is 8.25 Å². The van der Waals surface area contributed by atoms with E-state index in [1.54, 1.807) is 0 Å². The number of halogens is 1. The summed E-state index contributed by atoms with van der Waals surface area (Å²) in [7, 11) is -3.04. The van der Waals surface area contributed by atoms with Crippen molar-refractivity contribution in [3.8, 4) is 11.5 Å². The highest BCUT2D eigenvalue weighted by atomic mass is 35.5. The lowest BCUT2D eigenvalue weighted by molar-refractivity contribution is -0.244. The average molecular weight is 404 g/mol. The van der Waals surface area contributed by atoms with Gasteiger partial charge in [-0.15, -0.1) is 0 Å². The number of benzene rings is 1. The lowest BCUT2D eigenvalue weighted by Crippen LogP contribution is -2.08. The number of rotatable bonds is 6. The van der Waals surface area contributed by atoms with Crippen LogP contribution in [0.1, 0.15) is 19.6 Å². The van der Waals surface area contributed by atoms with Crippen LogP contribution in [0.15, 0.2) is 24.5 Å². The zero-order valence-electron chi connectivity index (χ0n) is 13.8. The third-order valence-corrected chi connectivity index (χ3v) is 3.94. The first-order valence-corrected chi connectivity index (χ1v) is 9.10. The molecule has 142 valence electrons. The number of hydrogen-bond acceptors (Lipinski definition) is 9. The molecule has 9 nitrogen and oxygen atoms in total. The van der Waals surface area contributed by atoms with Crippen LogP contribution in [-0.2, 0) is 22.1 Å². The van der Waals surface area contributed by atoms with E-state index in [4.69, 9.17) is 35.8 Å². The molecule has 0 spiro atoms. The van der Waals surface area contributed by atoms with Crippen molar-refractivity contribution in [1.82, 2.24) is 9.97 Å². The lowest BCUT2D eigenvalue weighted by atomic mass is 10.1. The Balaban J connectivity index is 0.000000542. The zero-order chi connectivity index (χ0) is 18.9. The van der Waals surface area contributed by atoms with Gasteiger partial charge in [-0.2, -0.15) is 0 Å². The molecule has 0 aliphatic carbocycles. The zero-order valence-corrected chi connectivity index (χ0v) is 15.5. The van der Waals surface area contributed by atoms with Crippen LogP contribution in [0.3, 0.4) is 0 Å². The standard InChI is InChI=1S/C15H16ClN3O2.HO4P.H2/c1-2-11-14(16)15(19-8-18-11)17-6-5-10-3-4-12-13(7-10)21-9-20-12;1-4-5(2)3;/h3-4,7-8H,2,5-6,9H2,1H3,(H,17,18,19);1H;1H. The summed E-state index contributed by atoms with van der Waals surface area (Å²) in [5, 5.41) is 10.9. The second-order valence-corrected chi connectivity index (χ2v) is 5.99. The first kappa shape index (κ1) is 20.3. The van der Waals surface area contributed by atoms with E-state index in [9.17, 15) is 0 Å². The molecule has 2 N–H and O–H groups in total. The topological polar surface area (TPSA) is 126 Å². The number of aromatic nitrogens is 2. The first-order chi connectivity index (χ1) is 12.5. The van der Waals surface area contributed by atoms with Crippen LogP contribution in [0, 0.1) is 0 Å². The Morgan fingerprint density at radius 1 is 1.42 bits per heavy atom. The van der Waals surface area contributed by atoms with E-state index in [1.165, 1.54) is 11.9 Å². The molecule has 0 fully saturated rings. The van der Waals surface area contributed by atoms with Crippen LogP contribution < -0.4 is 19.7 Å². The van der Waals surface area contributed by atoms with Gasteiger partial charge in [0.05, 0.1) is 5.69 Å². The molecule has 1 atom stereocenters. The number of fused-ring (bicyclic) bond motifs is 1. The second kappa shape index (κ2) is 10.2. The molecule has 0 bridgehead atoms. The maximum atomic E-state index is 8.93. The van der Waals surface area contributed by atoms with Gasteiger partial charge in [-0.3, -0.25) is 0 Å². The largest absolute Gasteiger partial charge is 0.565 e. The van der Waals surface area contributed by atoms with Crippen LogP contribution in [0.25, 0.3) is 0 Å². The van der Waals surface area contributed by atoms with Crippen molar-refractivity contribution in [1.29, 1.82) is 0 Å². The van der Waals surface area contributed by atoms with E-state index >= 15 is 0 Å². The predicted octanol–water partition coefficient (Wildman–Crippen LogP) is 2.82. The summed E-state index contributed by atoms with van der Waals surface area (Å²) < 4.78 is 22.3. The van der Waals surface area contributed by atoms with Crippen LogP contribution in [0.4, 0.5) is 5.82 Å². The molecular weight excluding hydrogens is 385 g/mol. The summed E-state index contributed by atoms with van der Waals surface area (Å²) in [5.74, 6) is 2.29. The summed E-state index contributed by atoms with van der Waals surface area (Å²) in [6.45, 7) is 3.05. The van der Waals surface area contributed by atoms with Crippen LogP contribution in [-0.4, -0.2) is 28.6 Å². The van der Waals surface area contributed by atoms with Crippen molar-refractivity contribution < 1.29 is 30.3 Å². The van der Waals surface area contributed by atoms with Crippen molar-refractivity contribution in [2.24, 2.45) is 0 Å². The fourth-order valence-corrected chi connectivity index (χ4v) is 2.50. The second-order valence-electron chi connectivity index (χ2n) is 5.01. The molecular formula is C15H19ClN3O6P. The monoisotopic (exact) mass is 403 g/mol. The van der Waals surface area contributed by atoms with Gasteiger partial charge in [0.1, 0.15) is 17.2 Å². The lowest BCUT2D eigenvalue weighted by Gasteiger charge is -2.09. The molecule has 2 heterocycles. The summed E-state index contributed by atoms with van der Waals surface area (Å²) in [6.07, 6.45) is 3.17. The SMILES string of the molecule is CCc1ncnc(NCCc2ccc3c(c2)OCO3)c1Cl.O=[P+]([O-])OO.[HH]. The van der Waals surface area contributed by atoms with E-state index < -0.39 is 8.25 Å². The summed E-state index contributed by atoms with van der Waals surface area (Å²) in [4.78, 5) is 17.3. The highest BCUT2D eigenvalue weighted by Crippen LogP contribution is 2.32. The third kappa shape index (κ3) is 5.76. The molecule has 0 saturated carbocycles. The van der Waals surface area contributed by atoms with Gasteiger partial charge in [0.2, 0.25) is 6.79 Å². The average Bonchev–Trinajstić information content (AvgIpc) is 3.11. The number of hydrogen-bond donors (Lipinski definition) is 2. The third-order valence-electron chi connectivity index (χ3n) is 3.41. The minimum Gasteiger partial charge on any atom is -0.565 e. The molecule has 1 aromatic carbocycles. The Morgan fingerprint density at radius 3 is 2.85 bits per heavy atom. The number of nitrogens with one attached hydrogen (secondary N) is 1. The number of ether oxygens (including phenoxy) is 2. The Hall–Kier alpha value is -2.03. The molecule has 26 heavy (non-hydrogen) atoms. The van der Waals surface area contributed by atoms with Gasteiger partial charge < -0.3 is 19.7 Å². The molecule has 0 amide bonds. The van der Waals surface area contributed by atoms with Crippen molar-refractivity contribution in [2.75, 3.05) is 18.7 Å². The Bertz CT molecular complexity index is 770. The number of anilines is 1. The minimum atomic E-state index is -3.04. The number of nitrogens with zero attached hydrogens (tertiary/aromatic N) is 2. The normalized spacial score (nSPS) is 12.2. The van der Waals surface area contributed by atoms with Gasteiger partial charge in [-0.1, -0.05) is 24.6 Å². The Labute approximate surface area is 157 Å². The highest BCUT2D eigenvalue weighted by molar-refractivity contribution is 7.30. The van der Waals surface area contributed by atoms with Crippen molar-refractivity contribution in [3.05, 3.63) is 40.8 Å². The molecule has 1 aliphatic rings. The summed E-state index contributed by atoms with van der Waals surface area (Å²) in [6, 6.07) is 5.97. The van der Waals surface area contributed by atoms with Gasteiger partial charge in [0.15, 0.2) is 11.5 Å². The summed E-state index contributed by atoms with van der Waals surface area (Å²) in [5.41, 5.74) is 2.03. The van der Waals surface area contributed by atoms with E-state index in [0.717, 1.165) is 36.6 Å². The predicted molar refractivity (Wildman–Crippen MR) is 94.6 cm³/mol. The van der Waals surface area contributed by atoms with Crippen LogP contribution in [0.2, 0.25) is 5.02 Å². The molecule has 2 aromatic rings. The van der Waals surface area contributed by atoms with Crippen LogP contribution >= 0.6 is 19.9 Å². The van der Waals surface area contributed by atoms with Crippen LogP contribution in [0.5, 0.6) is 11.5 Å². The van der Waals surface area contributed by atoms with E-state index in [1.807, 2.05) is 25.1 Å². The fraction of sp³-hybridized carbons (Fsp3) is 0.333. The molecule has 0 radical (unpaired) electrons. The minimum absolute atomic E-state index is 0. The Kier molecular flexibility index (Phi) is 7.96. The maximum Gasteiger partial charge on any atom is 0.521 e. The van der Waals surface area contributed by atoms with Gasteiger partial charge in [-0.25, -0.2) is 15.2 Å². The highest BCUT2D eigenvalue weighted by Gasteiger charge is 2.13. The molecule has 0 saturated heterocycles. The van der Waals surface area contributed by atoms with Gasteiger partial charge in [0, 0.05) is 12.6 Å².